The number of halogens is 1. The number of nitrogens with zero attached hydrogens (tertiary/aromatic N) is 3. The monoisotopic (exact) mass is 486 g/mol. The molecule has 154 valence electrons. The second kappa shape index (κ2) is 9.73. The Bertz CT molecular complexity index is 1090. The van der Waals surface area contributed by atoms with E-state index in [1.165, 1.54) is 23.9 Å². The van der Waals surface area contributed by atoms with Crippen molar-refractivity contribution >= 4 is 45.5 Å². The number of carbonyl (C=O) groups is 1. The molecule has 30 heavy (non-hydrogen) atoms. The maximum Gasteiger partial charge on any atom is 0.269 e. The van der Waals surface area contributed by atoms with Crippen molar-refractivity contribution in [2.75, 3.05) is 5.75 Å². The van der Waals surface area contributed by atoms with Crippen LogP contribution < -0.4 is 5.43 Å². The number of nitro groups is 1. The van der Waals surface area contributed by atoms with E-state index < -0.39 is 4.92 Å². The van der Waals surface area contributed by atoms with Crippen LogP contribution in [0.1, 0.15) is 17.0 Å². The standard InChI is InChI=1S/C21H19BrN4O3S/c1-14-11-16(15(2)25(14)18-5-3-17(22)4-6-18)12-23-24-21(27)13-30-20-9-7-19(8-10-20)26(28)29/h3-12H,13H2,1-2H3,(H,24,27)/b23-12+. The summed E-state index contributed by atoms with van der Waals surface area (Å²) in [6.07, 6.45) is 1.63. The lowest BCUT2D eigenvalue weighted by atomic mass is 10.2. The Balaban J connectivity index is 1.58. The van der Waals surface area contributed by atoms with Crippen molar-refractivity contribution in [1.29, 1.82) is 0 Å². The SMILES string of the molecule is Cc1cc(/C=N/NC(=O)CSc2ccc([N+](=O)[O-])cc2)c(C)n1-c1ccc(Br)cc1. The molecule has 0 saturated heterocycles. The fourth-order valence-electron chi connectivity index (χ4n) is 2.92. The quantitative estimate of drug-likeness (QED) is 0.220. The lowest BCUT2D eigenvalue weighted by molar-refractivity contribution is -0.384. The third-order valence-corrected chi connectivity index (χ3v) is 5.91. The number of thioether (sulfide) groups is 1. The molecule has 1 aromatic heterocycles. The zero-order valence-corrected chi connectivity index (χ0v) is 18.7. The molecule has 0 spiro atoms. The Hall–Kier alpha value is -2.91. The Morgan fingerprint density at radius 3 is 2.50 bits per heavy atom. The van der Waals surface area contributed by atoms with Gasteiger partial charge in [-0.3, -0.25) is 14.9 Å². The van der Waals surface area contributed by atoms with Crippen LogP contribution in [0.5, 0.6) is 0 Å². The van der Waals surface area contributed by atoms with Gasteiger partial charge < -0.3 is 4.57 Å². The van der Waals surface area contributed by atoms with Gasteiger partial charge in [0, 0.05) is 44.1 Å². The second-order valence-electron chi connectivity index (χ2n) is 6.47. The first-order chi connectivity index (χ1) is 14.3. The molecular weight excluding hydrogens is 468 g/mol. The van der Waals surface area contributed by atoms with Crippen LogP contribution in [0.4, 0.5) is 5.69 Å². The van der Waals surface area contributed by atoms with Gasteiger partial charge >= 0.3 is 0 Å². The number of benzene rings is 2. The average molecular weight is 487 g/mol. The Morgan fingerprint density at radius 2 is 1.87 bits per heavy atom. The molecule has 7 nitrogen and oxygen atoms in total. The highest BCUT2D eigenvalue weighted by Crippen LogP contribution is 2.22. The molecule has 1 amide bonds. The number of nitro benzene ring substituents is 1. The number of aryl methyl sites for hydroxylation is 1. The Morgan fingerprint density at radius 1 is 1.20 bits per heavy atom. The van der Waals surface area contributed by atoms with Crippen LogP contribution in [0, 0.1) is 24.0 Å². The number of hydrazone groups is 1. The van der Waals surface area contributed by atoms with Gasteiger partial charge in [0.15, 0.2) is 0 Å². The lowest BCUT2D eigenvalue weighted by Crippen LogP contribution is -2.19. The van der Waals surface area contributed by atoms with Gasteiger partial charge in [0.25, 0.3) is 5.69 Å². The number of hydrogen-bond acceptors (Lipinski definition) is 5. The van der Waals surface area contributed by atoms with Gasteiger partial charge in [0.2, 0.25) is 5.91 Å². The van der Waals surface area contributed by atoms with Gasteiger partial charge in [-0.1, -0.05) is 15.9 Å². The summed E-state index contributed by atoms with van der Waals surface area (Å²) in [6, 6.07) is 16.1. The van der Waals surface area contributed by atoms with Crippen molar-refractivity contribution < 1.29 is 9.72 Å². The van der Waals surface area contributed by atoms with Gasteiger partial charge in [0.05, 0.1) is 16.9 Å². The summed E-state index contributed by atoms with van der Waals surface area (Å²) in [5.41, 5.74) is 6.60. The van der Waals surface area contributed by atoms with E-state index in [-0.39, 0.29) is 17.3 Å². The van der Waals surface area contributed by atoms with Crippen molar-refractivity contribution in [3.8, 4) is 5.69 Å². The summed E-state index contributed by atoms with van der Waals surface area (Å²) in [5, 5.41) is 14.7. The van der Waals surface area contributed by atoms with Gasteiger partial charge in [0.1, 0.15) is 0 Å². The largest absolute Gasteiger partial charge is 0.318 e. The summed E-state index contributed by atoms with van der Waals surface area (Å²) in [4.78, 5) is 23.0. The number of hydrogen-bond donors (Lipinski definition) is 1. The summed E-state index contributed by atoms with van der Waals surface area (Å²) in [7, 11) is 0. The molecular formula is C21H19BrN4O3S. The van der Waals surface area contributed by atoms with Crippen molar-refractivity contribution in [2.24, 2.45) is 5.10 Å². The number of non-ortho nitro benzene ring substituents is 1. The van der Waals surface area contributed by atoms with E-state index in [0.717, 1.165) is 32.0 Å². The summed E-state index contributed by atoms with van der Waals surface area (Å²) in [6.45, 7) is 4.02. The molecule has 9 heteroatoms. The highest BCUT2D eigenvalue weighted by atomic mass is 79.9. The van der Waals surface area contributed by atoms with E-state index >= 15 is 0 Å². The molecule has 0 aliphatic heterocycles. The molecule has 3 aromatic rings. The van der Waals surface area contributed by atoms with Crippen molar-refractivity contribution in [3.05, 3.63) is 86.1 Å². The van der Waals surface area contributed by atoms with Crippen LogP contribution in [-0.2, 0) is 4.79 Å². The Labute approximate surface area is 186 Å². The zero-order valence-electron chi connectivity index (χ0n) is 16.3. The van der Waals surface area contributed by atoms with E-state index in [9.17, 15) is 14.9 Å². The van der Waals surface area contributed by atoms with Gasteiger partial charge in [-0.05, 0) is 56.3 Å². The predicted octanol–water partition coefficient (Wildman–Crippen LogP) is 5.01. The van der Waals surface area contributed by atoms with Crippen molar-refractivity contribution in [3.63, 3.8) is 0 Å². The minimum absolute atomic E-state index is 0.0224. The normalized spacial score (nSPS) is 11.0. The minimum atomic E-state index is -0.455. The van der Waals surface area contributed by atoms with Crippen LogP contribution in [0.2, 0.25) is 0 Å². The van der Waals surface area contributed by atoms with Gasteiger partial charge in [-0.15, -0.1) is 11.8 Å². The number of nitrogens with one attached hydrogen (secondary N) is 1. The molecule has 0 radical (unpaired) electrons. The predicted molar refractivity (Wildman–Crippen MR) is 123 cm³/mol. The number of rotatable bonds is 7. The highest BCUT2D eigenvalue weighted by molar-refractivity contribution is 9.10. The van der Waals surface area contributed by atoms with E-state index in [4.69, 9.17) is 0 Å². The second-order valence-corrected chi connectivity index (χ2v) is 8.44. The van der Waals surface area contributed by atoms with E-state index in [0.29, 0.717) is 0 Å². The average Bonchev–Trinajstić information content (AvgIpc) is 3.01. The molecule has 0 saturated carbocycles. The van der Waals surface area contributed by atoms with Gasteiger partial charge in [-0.25, -0.2) is 5.43 Å². The molecule has 0 aliphatic rings. The first-order valence-corrected chi connectivity index (χ1v) is 10.8. The molecule has 0 aliphatic carbocycles. The van der Waals surface area contributed by atoms with Crippen LogP contribution in [0.15, 0.2) is 69.1 Å². The molecule has 3 rings (SSSR count). The summed E-state index contributed by atoms with van der Waals surface area (Å²) >= 11 is 4.73. The Kier molecular flexibility index (Phi) is 7.07. The molecule has 1 heterocycles. The third-order valence-electron chi connectivity index (χ3n) is 4.37. The van der Waals surface area contributed by atoms with Gasteiger partial charge in [-0.2, -0.15) is 5.10 Å². The topological polar surface area (TPSA) is 89.5 Å². The van der Waals surface area contributed by atoms with Crippen LogP contribution in [0.25, 0.3) is 5.69 Å². The van der Waals surface area contributed by atoms with E-state index in [2.05, 4.69) is 31.0 Å². The molecule has 0 bridgehead atoms. The number of aromatic nitrogens is 1. The highest BCUT2D eigenvalue weighted by Gasteiger charge is 2.10. The van der Waals surface area contributed by atoms with E-state index in [1.54, 1.807) is 18.3 Å². The number of amides is 1. The van der Waals surface area contributed by atoms with Crippen molar-refractivity contribution in [1.82, 2.24) is 9.99 Å². The molecule has 2 aromatic carbocycles. The minimum Gasteiger partial charge on any atom is -0.318 e. The first-order valence-electron chi connectivity index (χ1n) is 8.99. The smallest absolute Gasteiger partial charge is 0.269 e. The first kappa shape index (κ1) is 21.8. The fraction of sp³-hybridized carbons (Fsp3) is 0.143. The summed E-state index contributed by atoms with van der Waals surface area (Å²) in [5.74, 6) is -0.0936. The third kappa shape index (κ3) is 5.37. The van der Waals surface area contributed by atoms with Crippen LogP contribution in [0.3, 0.4) is 0 Å². The molecule has 0 atom stereocenters. The fourth-order valence-corrected chi connectivity index (χ4v) is 3.88. The molecule has 0 unspecified atom stereocenters. The van der Waals surface area contributed by atoms with E-state index in [1.807, 2.05) is 44.2 Å². The summed E-state index contributed by atoms with van der Waals surface area (Å²) < 4.78 is 3.14. The van der Waals surface area contributed by atoms with Crippen LogP contribution >= 0.6 is 27.7 Å². The maximum atomic E-state index is 12.0. The molecule has 0 fully saturated rings. The lowest BCUT2D eigenvalue weighted by Gasteiger charge is -2.09. The zero-order chi connectivity index (χ0) is 21.7. The molecule has 1 N–H and O–H groups in total. The maximum absolute atomic E-state index is 12.0. The number of carbonyl (C=O) groups excluding carboxylic acids is 1. The van der Waals surface area contributed by atoms with Crippen LogP contribution in [-0.4, -0.2) is 27.4 Å². The van der Waals surface area contributed by atoms with Crippen molar-refractivity contribution in [2.45, 2.75) is 18.7 Å².